The molecule has 0 saturated carbocycles. The number of nitrogens with one attached hydrogen (secondary N) is 1. The van der Waals surface area contributed by atoms with Crippen LogP contribution in [0.2, 0.25) is 10.0 Å². The molecule has 0 atom stereocenters. The van der Waals surface area contributed by atoms with Crippen LogP contribution in [0.3, 0.4) is 0 Å². The van der Waals surface area contributed by atoms with E-state index in [1.165, 1.54) is 25.3 Å². The van der Waals surface area contributed by atoms with Gasteiger partial charge in [0.2, 0.25) is 0 Å². The van der Waals surface area contributed by atoms with Gasteiger partial charge in [-0.25, -0.2) is 5.01 Å². The molecule has 2 amide bonds. The molecule has 1 saturated heterocycles. The highest BCUT2D eigenvalue weighted by atomic mass is 35.5. The number of phenols is 1. The van der Waals surface area contributed by atoms with Gasteiger partial charge in [0, 0.05) is 21.7 Å². The average molecular weight is 393 g/mol. The minimum atomic E-state index is -0.606. The molecular weight excluding hydrogens is 379 g/mol. The Balaban J connectivity index is 2.01. The Bertz CT molecular complexity index is 956. The largest absolute Gasteiger partial charge is 0.504 e. The van der Waals surface area contributed by atoms with Gasteiger partial charge in [-0.15, -0.1) is 0 Å². The van der Waals surface area contributed by atoms with Gasteiger partial charge in [-0.2, -0.15) is 0 Å². The molecule has 8 heteroatoms. The first-order chi connectivity index (χ1) is 12.3. The van der Waals surface area contributed by atoms with Crippen LogP contribution in [-0.4, -0.2) is 24.0 Å². The number of phenolic OH excluding ortho intramolecular Hbond substituents is 1. The molecule has 1 aliphatic heterocycles. The lowest BCUT2D eigenvalue weighted by molar-refractivity contribution is -0.117. The number of carbonyl (C=O) groups excluding carboxylic acids is 2. The monoisotopic (exact) mass is 392 g/mol. The van der Waals surface area contributed by atoms with Crippen LogP contribution in [0.1, 0.15) is 11.1 Å². The molecule has 0 bridgehead atoms. The number of amides is 2. The Morgan fingerprint density at radius 3 is 2.58 bits per heavy atom. The lowest BCUT2D eigenvalue weighted by atomic mass is 10.1. The minimum absolute atomic E-state index is 0.136. The fourth-order valence-corrected chi connectivity index (χ4v) is 2.87. The molecule has 1 aliphatic rings. The summed E-state index contributed by atoms with van der Waals surface area (Å²) in [6, 6.07) is 7.85. The third kappa shape index (κ3) is 3.21. The van der Waals surface area contributed by atoms with E-state index in [1.54, 1.807) is 18.2 Å². The molecule has 134 valence electrons. The summed E-state index contributed by atoms with van der Waals surface area (Å²) in [5.74, 6) is -1.27. The summed E-state index contributed by atoms with van der Waals surface area (Å²) in [5.41, 5.74) is 3.78. The summed E-state index contributed by atoms with van der Waals surface area (Å²) >= 11 is 12.1. The van der Waals surface area contributed by atoms with Crippen LogP contribution in [0.4, 0.5) is 5.69 Å². The molecule has 26 heavy (non-hydrogen) atoms. The highest BCUT2D eigenvalue weighted by Crippen LogP contribution is 2.35. The molecule has 0 spiro atoms. The van der Waals surface area contributed by atoms with Crippen LogP contribution in [0.25, 0.3) is 6.08 Å². The van der Waals surface area contributed by atoms with Crippen LogP contribution in [-0.2, 0) is 9.59 Å². The summed E-state index contributed by atoms with van der Waals surface area (Å²) in [5, 5.41) is 12.1. The van der Waals surface area contributed by atoms with E-state index in [4.69, 9.17) is 27.9 Å². The fourth-order valence-electron chi connectivity index (χ4n) is 2.48. The second-order valence-corrected chi connectivity index (χ2v) is 6.46. The Hall–Kier alpha value is -2.70. The standard InChI is InChI=1S/C18H14Cl2N2O4/c1-9-3-4-12(8-14(9)20)22-18(25)13(17(24)21-22)6-10-5-11(19)7-15(26-2)16(10)23/h3-8,23H,1-2H3,(H,21,24)/b13-6+. The number of benzene rings is 2. The van der Waals surface area contributed by atoms with E-state index in [0.29, 0.717) is 15.7 Å². The van der Waals surface area contributed by atoms with Crippen LogP contribution in [0.15, 0.2) is 35.9 Å². The van der Waals surface area contributed by atoms with Gasteiger partial charge >= 0.3 is 0 Å². The predicted molar refractivity (Wildman–Crippen MR) is 99.5 cm³/mol. The number of hydrazine groups is 1. The molecule has 1 heterocycles. The van der Waals surface area contributed by atoms with Crippen molar-refractivity contribution in [1.82, 2.24) is 5.43 Å². The fraction of sp³-hybridized carbons (Fsp3) is 0.111. The van der Waals surface area contributed by atoms with Crippen LogP contribution < -0.4 is 15.2 Å². The SMILES string of the molecule is COc1cc(Cl)cc(/C=C2\C(=O)NN(c3ccc(C)c(Cl)c3)C2=O)c1O. The van der Waals surface area contributed by atoms with Gasteiger partial charge in [0.25, 0.3) is 11.8 Å². The summed E-state index contributed by atoms with van der Waals surface area (Å²) in [6.45, 7) is 1.83. The normalized spacial score (nSPS) is 15.5. The molecule has 1 fully saturated rings. The maximum atomic E-state index is 12.7. The number of aromatic hydroxyl groups is 1. The number of halogens is 2. The smallest absolute Gasteiger partial charge is 0.282 e. The van der Waals surface area contributed by atoms with Crippen molar-refractivity contribution in [2.75, 3.05) is 12.1 Å². The second kappa shape index (κ2) is 6.90. The third-order valence-electron chi connectivity index (χ3n) is 3.89. The zero-order chi connectivity index (χ0) is 19.0. The number of carbonyl (C=O) groups is 2. The molecular formula is C18H14Cl2N2O4. The number of ether oxygens (including phenoxy) is 1. The second-order valence-electron chi connectivity index (χ2n) is 5.62. The van der Waals surface area contributed by atoms with Gasteiger partial charge in [0.15, 0.2) is 11.5 Å². The summed E-state index contributed by atoms with van der Waals surface area (Å²) in [6.07, 6.45) is 1.26. The maximum Gasteiger partial charge on any atom is 0.282 e. The van der Waals surface area contributed by atoms with Crippen molar-refractivity contribution in [2.45, 2.75) is 6.92 Å². The molecule has 0 unspecified atom stereocenters. The van der Waals surface area contributed by atoms with E-state index in [-0.39, 0.29) is 22.6 Å². The Morgan fingerprint density at radius 1 is 1.19 bits per heavy atom. The average Bonchev–Trinajstić information content (AvgIpc) is 2.88. The first-order valence-corrected chi connectivity index (χ1v) is 8.27. The highest BCUT2D eigenvalue weighted by molar-refractivity contribution is 6.34. The van der Waals surface area contributed by atoms with E-state index >= 15 is 0 Å². The summed E-state index contributed by atoms with van der Waals surface area (Å²) in [7, 11) is 1.37. The number of aryl methyl sites for hydroxylation is 1. The minimum Gasteiger partial charge on any atom is -0.504 e. The Kier molecular flexibility index (Phi) is 4.80. The van der Waals surface area contributed by atoms with Gasteiger partial charge in [0.05, 0.1) is 12.8 Å². The molecule has 3 rings (SSSR count). The zero-order valence-corrected chi connectivity index (χ0v) is 15.4. The van der Waals surface area contributed by atoms with Crippen molar-refractivity contribution in [3.05, 3.63) is 57.1 Å². The van der Waals surface area contributed by atoms with Crippen molar-refractivity contribution in [1.29, 1.82) is 0 Å². The topological polar surface area (TPSA) is 78.9 Å². The first-order valence-electron chi connectivity index (χ1n) is 7.51. The molecule has 0 aromatic heterocycles. The van der Waals surface area contributed by atoms with Gasteiger partial charge in [-0.1, -0.05) is 29.3 Å². The van der Waals surface area contributed by atoms with Gasteiger partial charge in [0.1, 0.15) is 5.57 Å². The number of anilines is 1. The van der Waals surface area contributed by atoms with Crippen molar-refractivity contribution >= 4 is 46.8 Å². The van der Waals surface area contributed by atoms with Crippen LogP contribution in [0, 0.1) is 6.92 Å². The lowest BCUT2D eigenvalue weighted by Gasteiger charge is -2.15. The van der Waals surface area contributed by atoms with Crippen molar-refractivity contribution in [2.24, 2.45) is 0 Å². The van der Waals surface area contributed by atoms with Gasteiger partial charge in [-0.05, 0) is 36.8 Å². The number of methoxy groups -OCH3 is 1. The van der Waals surface area contributed by atoms with E-state index in [9.17, 15) is 14.7 Å². The highest BCUT2D eigenvalue weighted by Gasteiger charge is 2.35. The molecule has 2 N–H and O–H groups in total. The van der Waals surface area contributed by atoms with E-state index in [0.717, 1.165) is 10.6 Å². The van der Waals surface area contributed by atoms with Crippen molar-refractivity contribution in [3.63, 3.8) is 0 Å². The third-order valence-corrected chi connectivity index (χ3v) is 4.52. The maximum absolute atomic E-state index is 12.7. The summed E-state index contributed by atoms with van der Waals surface area (Å²) in [4.78, 5) is 24.9. The first kappa shape index (κ1) is 18.1. The summed E-state index contributed by atoms with van der Waals surface area (Å²) < 4.78 is 5.03. The Labute approximate surface area is 159 Å². The zero-order valence-electron chi connectivity index (χ0n) is 13.8. The molecule has 0 radical (unpaired) electrons. The van der Waals surface area contributed by atoms with Crippen LogP contribution in [0.5, 0.6) is 11.5 Å². The van der Waals surface area contributed by atoms with E-state index in [2.05, 4.69) is 5.43 Å². The number of rotatable bonds is 3. The number of hydrogen-bond acceptors (Lipinski definition) is 4. The van der Waals surface area contributed by atoms with Crippen LogP contribution >= 0.6 is 23.2 Å². The lowest BCUT2D eigenvalue weighted by Crippen LogP contribution is -2.35. The van der Waals surface area contributed by atoms with Gasteiger partial charge < -0.3 is 9.84 Å². The molecule has 2 aromatic rings. The van der Waals surface area contributed by atoms with Crippen molar-refractivity contribution in [3.8, 4) is 11.5 Å². The molecule has 2 aromatic carbocycles. The van der Waals surface area contributed by atoms with E-state index < -0.39 is 11.8 Å². The molecule has 6 nitrogen and oxygen atoms in total. The van der Waals surface area contributed by atoms with Gasteiger partial charge in [-0.3, -0.25) is 15.0 Å². The predicted octanol–water partition coefficient (Wildman–Crippen LogP) is 3.48. The Morgan fingerprint density at radius 2 is 1.92 bits per heavy atom. The number of hydrogen-bond donors (Lipinski definition) is 2. The quantitative estimate of drug-likeness (QED) is 0.618. The number of nitrogens with zero attached hydrogens (tertiary/aromatic N) is 1. The van der Waals surface area contributed by atoms with Crippen molar-refractivity contribution < 1.29 is 19.4 Å². The molecule has 0 aliphatic carbocycles. The van der Waals surface area contributed by atoms with E-state index in [1.807, 2.05) is 6.92 Å².